The predicted molar refractivity (Wildman–Crippen MR) is 46.4 cm³/mol. The molecule has 4 nitrogen and oxygen atoms in total. The van der Waals surface area contributed by atoms with E-state index in [1.807, 2.05) is 0 Å². The molecule has 1 aliphatic rings. The Kier molecular flexibility index (Phi) is 3.03. The third-order valence-corrected chi connectivity index (χ3v) is 1.31. The van der Waals surface area contributed by atoms with Crippen molar-refractivity contribution in [3.63, 3.8) is 0 Å². The highest BCUT2D eigenvalue weighted by Crippen LogP contribution is 2.13. The lowest BCUT2D eigenvalue weighted by Crippen LogP contribution is -2.15. The number of primary amides is 1. The van der Waals surface area contributed by atoms with Crippen molar-refractivity contribution in [3.8, 4) is 0 Å². The molecule has 1 rings (SSSR count). The van der Waals surface area contributed by atoms with Gasteiger partial charge in [0.05, 0.1) is 5.71 Å². The minimum atomic E-state index is -4.73. The van der Waals surface area contributed by atoms with E-state index in [2.05, 4.69) is 9.42 Å². The molecule has 0 bridgehead atoms. The highest BCUT2D eigenvalue weighted by molar-refractivity contribution is 6.18. The van der Waals surface area contributed by atoms with E-state index in [0.29, 0.717) is 0 Å². The molecule has 0 aliphatic heterocycles. The quantitative estimate of drug-likeness (QED) is 0.483. The van der Waals surface area contributed by atoms with Crippen molar-refractivity contribution < 1.29 is 22.4 Å². The molecule has 0 spiro atoms. The number of halogens is 3. The number of rotatable bonds is 0. The van der Waals surface area contributed by atoms with Gasteiger partial charge in [-0.1, -0.05) is 13.2 Å². The number of amides is 2. The SMILES string of the molecule is NC(=O)N=C1C=CC(=[O+]C(F)(F)F)C=C1. The number of aliphatic imine (C=N–C) groups is 1. The van der Waals surface area contributed by atoms with Gasteiger partial charge in [0.1, 0.15) is 0 Å². The number of ketones is 1. The first-order chi connectivity index (χ1) is 6.87. The Morgan fingerprint density at radius 3 is 2.20 bits per heavy atom. The van der Waals surface area contributed by atoms with E-state index in [9.17, 15) is 18.0 Å². The third-order valence-electron chi connectivity index (χ3n) is 1.31. The van der Waals surface area contributed by atoms with E-state index in [1.165, 1.54) is 12.2 Å². The summed E-state index contributed by atoms with van der Waals surface area (Å²) >= 11 is 0. The molecule has 0 aromatic carbocycles. The Hall–Kier alpha value is -1.92. The second-order valence-electron chi connectivity index (χ2n) is 2.49. The van der Waals surface area contributed by atoms with Crippen molar-refractivity contribution >= 4 is 17.5 Å². The van der Waals surface area contributed by atoms with E-state index in [-0.39, 0.29) is 11.5 Å². The fourth-order valence-corrected chi connectivity index (χ4v) is 0.850. The molecule has 15 heavy (non-hydrogen) atoms. The van der Waals surface area contributed by atoms with E-state index >= 15 is 0 Å². The highest BCUT2D eigenvalue weighted by Gasteiger charge is 2.44. The topological polar surface area (TPSA) is 66.8 Å². The van der Waals surface area contributed by atoms with Crippen LogP contribution in [0.4, 0.5) is 18.0 Å². The van der Waals surface area contributed by atoms with Crippen LogP contribution in [0.3, 0.4) is 0 Å². The molecule has 7 heteroatoms. The summed E-state index contributed by atoms with van der Waals surface area (Å²) < 4.78 is 38.8. The van der Waals surface area contributed by atoms with Crippen LogP contribution in [-0.2, 0) is 4.42 Å². The molecule has 2 amide bonds. The van der Waals surface area contributed by atoms with Gasteiger partial charge in [-0.25, -0.2) is 4.79 Å². The second-order valence-corrected chi connectivity index (χ2v) is 2.49. The smallest absolute Gasteiger partial charge is 0.350 e. The first-order valence-corrected chi connectivity index (χ1v) is 3.74. The first kappa shape index (κ1) is 11.2. The standard InChI is InChI=1S/C8H5F3N2O2/c9-8(10,11)15-6-3-1-5(2-4-6)13-7(12)14/h1-4H,(H-,12,14)/p+1. The lowest BCUT2D eigenvalue weighted by atomic mass is 10.2. The van der Waals surface area contributed by atoms with Gasteiger partial charge in [0, 0.05) is 12.2 Å². The molecular formula is C8H6F3N2O2+. The van der Waals surface area contributed by atoms with Gasteiger partial charge in [0.2, 0.25) is 0 Å². The fraction of sp³-hybridized carbons (Fsp3) is 0.125. The van der Waals surface area contributed by atoms with Crippen LogP contribution in [0.1, 0.15) is 0 Å². The van der Waals surface area contributed by atoms with E-state index in [0.717, 1.165) is 12.2 Å². The van der Waals surface area contributed by atoms with Crippen LogP contribution in [0.2, 0.25) is 0 Å². The zero-order valence-electron chi connectivity index (χ0n) is 7.28. The molecule has 0 saturated carbocycles. The normalized spacial score (nSPS) is 15.4. The van der Waals surface area contributed by atoms with Crippen LogP contribution < -0.4 is 5.73 Å². The van der Waals surface area contributed by atoms with Crippen molar-refractivity contribution in [2.45, 2.75) is 6.36 Å². The van der Waals surface area contributed by atoms with Gasteiger partial charge in [-0.2, -0.15) is 9.42 Å². The lowest BCUT2D eigenvalue weighted by molar-refractivity contribution is -0.674. The van der Waals surface area contributed by atoms with Gasteiger partial charge in [-0.3, -0.25) is 0 Å². The van der Waals surface area contributed by atoms with Gasteiger partial charge < -0.3 is 5.73 Å². The summed E-state index contributed by atoms with van der Waals surface area (Å²) in [4.78, 5) is 13.6. The van der Waals surface area contributed by atoms with Gasteiger partial charge in [0.25, 0.3) is 0 Å². The number of nitrogens with two attached hydrogens (primary N) is 1. The van der Waals surface area contributed by atoms with Crippen LogP contribution >= 0.6 is 0 Å². The van der Waals surface area contributed by atoms with Crippen molar-refractivity contribution in [1.82, 2.24) is 0 Å². The van der Waals surface area contributed by atoms with E-state index < -0.39 is 12.4 Å². The van der Waals surface area contributed by atoms with E-state index in [1.54, 1.807) is 0 Å². The van der Waals surface area contributed by atoms with Crippen LogP contribution in [0, 0.1) is 0 Å². The molecule has 0 unspecified atom stereocenters. The Bertz CT molecular complexity index is 373. The van der Waals surface area contributed by atoms with E-state index in [4.69, 9.17) is 5.73 Å². The number of carbonyl (C=O) groups is 1. The van der Waals surface area contributed by atoms with Crippen molar-refractivity contribution in [2.24, 2.45) is 10.7 Å². The molecule has 0 aromatic heterocycles. The Morgan fingerprint density at radius 2 is 1.80 bits per heavy atom. The molecule has 0 atom stereocenters. The van der Waals surface area contributed by atoms with Gasteiger partial charge in [0.15, 0.2) is 0 Å². The summed E-state index contributed by atoms with van der Waals surface area (Å²) in [5, 5.41) is 0. The second kappa shape index (κ2) is 4.07. The van der Waals surface area contributed by atoms with Gasteiger partial charge in [-0.15, -0.1) is 0 Å². The predicted octanol–water partition coefficient (Wildman–Crippen LogP) is 1.26. The van der Waals surface area contributed by atoms with Crippen LogP contribution in [0.25, 0.3) is 0 Å². The van der Waals surface area contributed by atoms with Crippen molar-refractivity contribution in [1.29, 1.82) is 0 Å². The van der Waals surface area contributed by atoms with Crippen molar-refractivity contribution in [2.75, 3.05) is 0 Å². The minimum Gasteiger partial charge on any atom is -0.350 e. The summed E-state index contributed by atoms with van der Waals surface area (Å²) in [6, 6.07) is -0.917. The average Bonchev–Trinajstić information content (AvgIpc) is 2.05. The maximum Gasteiger partial charge on any atom is 0.775 e. The fourth-order valence-electron chi connectivity index (χ4n) is 0.850. The zero-order chi connectivity index (χ0) is 11.5. The summed E-state index contributed by atoms with van der Waals surface area (Å²) in [5.74, 6) is -0.383. The maximum atomic E-state index is 11.7. The molecule has 0 aromatic rings. The Morgan fingerprint density at radius 1 is 1.27 bits per heavy atom. The minimum absolute atomic E-state index is 0.164. The monoisotopic (exact) mass is 219 g/mol. The summed E-state index contributed by atoms with van der Waals surface area (Å²) in [7, 11) is 0. The Labute approximate surface area is 82.3 Å². The summed E-state index contributed by atoms with van der Waals surface area (Å²) in [6.45, 7) is 0. The molecule has 0 saturated heterocycles. The van der Waals surface area contributed by atoms with Crippen LogP contribution in [0.15, 0.2) is 29.3 Å². The lowest BCUT2D eigenvalue weighted by Gasteiger charge is -1.94. The number of hydrogen-bond donors (Lipinski definition) is 1. The Balaban J connectivity index is 2.81. The molecule has 0 radical (unpaired) electrons. The average molecular weight is 219 g/mol. The first-order valence-electron chi connectivity index (χ1n) is 3.74. The largest absolute Gasteiger partial charge is 0.775 e. The number of hydrogen-bond acceptors (Lipinski definition) is 1. The summed E-state index contributed by atoms with van der Waals surface area (Å²) in [6.07, 6.45) is -0.287. The number of nitrogens with zero attached hydrogens (tertiary/aromatic N) is 1. The maximum absolute atomic E-state index is 11.7. The summed E-state index contributed by atoms with van der Waals surface area (Å²) in [5.41, 5.74) is 4.91. The molecule has 2 N–H and O–H groups in total. The number of allylic oxidation sites excluding steroid dienone is 4. The molecule has 0 heterocycles. The van der Waals surface area contributed by atoms with Crippen LogP contribution in [0.5, 0.6) is 0 Å². The highest BCUT2D eigenvalue weighted by atomic mass is 19.4. The number of alkyl halides is 3. The zero-order valence-corrected chi connectivity index (χ0v) is 7.28. The molecule has 1 aliphatic carbocycles. The molecular weight excluding hydrogens is 213 g/mol. The third kappa shape index (κ3) is 4.21. The molecule has 0 fully saturated rings. The van der Waals surface area contributed by atoms with Crippen molar-refractivity contribution in [3.05, 3.63) is 24.3 Å². The molecule has 80 valence electrons. The van der Waals surface area contributed by atoms with Gasteiger partial charge in [-0.05, 0) is 12.2 Å². The number of urea groups is 1. The van der Waals surface area contributed by atoms with Crippen LogP contribution in [-0.4, -0.2) is 23.9 Å². The van der Waals surface area contributed by atoms with Gasteiger partial charge >= 0.3 is 18.2 Å². The number of carbonyl (C=O) groups excluding carboxylic acids is 2.